The first kappa shape index (κ1) is 20.0. The van der Waals surface area contributed by atoms with Gasteiger partial charge in [-0.15, -0.1) is 0 Å². The Morgan fingerprint density at radius 2 is 1.07 bits per heavy atom. The van der Waals surface area contributed by atoms with Crippen LogP contribution in [0.2, 0.25) is 0 Å². The van der Waals surface area contributed by atoms with Gasteiger partial charge in [-0.3, -0.25) is 19.6 Å². The molecule has 2 aromatic rings. The summed E-state index contributed by atoms with van der Waals surface area (Å²) in [4.78, 5) is 33.2. The van der Waals surface area contributed by atoms with Gasteiger partial charge in [0, 0.05) is 36.6 Å². The molecule has 2 aromatic heterocycles. The van der Waals surface area contributed by atoms with Crippen molar-refractivity contribution in [3.63, 3.8) is 0 Å². The normalized spacial score (nSPS) is 21.4. The molecule has 0 spiro atoms. The summed E-state index contributed by atoms with van der Waals surface area (Å²) in [5, 5.41) is 6.18. The minimum atomic E-state index is -0.0438. The zero-order chi connectivity index (χ0) is 19.9. The SMILES string of the molecule is CC(NC(=O)C1CCC(C(=O)NC(C)c2ccncc2)CC1)c1ccncc1. The third kappa shape index (κ3) is 5.15. The van der Waals surface area contributed by atoms with Gasteiger partial charge in [0.25, 0.3) is 0 Å². The summed E-state index contributed by atoms with van der Waals surface area (Å²) in [5.41, 5.74) is 2.09. The van der Waals surface area contributed by atoms with Crippen LogP contribution < -0.4 is 10.6 Å². The summed E-state index contributed by atoms with van der Waals surface area (Å²) >= 11 is 0. The van der Waals surface area contributed by atoms with E-state index in [1.165, 1.54) is 0 Å². The molecule has 0 radical (unpaired) electrons. The molecule has 2 amide bonds. The Morgan fingerprint density at radius 1 is 0.750 bits per heavy atom. The summed E-state index contributed by atoms with van der Waals surface area (Å²) in [6.07, 6.45) is 9.91. The van der Waals surface area contributed by atoms with Crippen LogP contribution in [0, 0.1) is 11.8 Å². The number of hydrogen-bond donors (Lipinski definition) is 2. The number of carbonyl (C=O) groups excluding carboxylic acids is 2. The van der Waals surface area contributed by atoms with E-state index in [9.17, 15) is 9.59 Å². The molecular weight excluding hydrogens is 352 g/mol. The van der Waals surface area contributed by atoms with Crippen molar-refractivity contribution in [3.8, 4) is 0 Å². The van der Waals surface area contributed by atoms with Crippen LogP contribution in [0.1, 0.15) is 62.7 Å². The van der Waals surface area contributed by atoms with Gasteiger partial charge in [0.05, 0.1) is 12.1 Å². The fourth-order valence-corrected chi connectivity index (χ4v) is 3.75. The van der Waals surface area contributed by atoms with E-state index in [1.807, 2.05) is 38.1 Å². The van der Waals surface area contributed by atoms with Crippen LogP contribution in [0.5, 0.6) is 0 Å². The van der Waals surface area contributed by atoms with Gasteiger partial charge >= 0.3 is 0 Å². The molecule has 2 atom stereocenters. The molecule has 0 saturated heterocycles. The predicted molar refractivity (Wildman–Crippen MR) is 107 cm³/mol. The molecule has 6 heteroatoms. The van der Waals surface area contributed by atoms with Crippen LogP contribution in [-0.2, 0) is 9.59 Å². The minimum Gasteiger partial charge on any atom is -0.349 e. The standard InChI is InChI=1S/C22H28N4O2/c1-15(17-7-11-23-12-8-17)25-21(27)19-3-5-20(6-4-19)22(28)26-16(2)18-9-13-24-14-10-18/h7-16,19-20H,3-6H2,1-2H3,(H,25,27)(H,26,28). The third-order valence-corrected chi connectivity index (χ3v) is 5.60. The number of rotatable bonds is 6. The zero-order valence-electron chi connectivity index (χ0n) is 16.5. The number of aromatic nitrogens is 2. The molecule has 0 aliphatic heterocycles. The van der Waals surface area contributed by atoms with Crippen LogP contribution in [-0.4, -0.2) is 21.8 Å². The average Bonchev–Trinajstić information content (AvgIpc) is 2.75. The van der Waals surface area contributed by atoms with Gasteiger partial charge in [0.1, 0.15) is 0 Å². The van der Waals surface area contributed by atoms with Crippen molar-refractivity contribution in [3.05, 3.63) is 60.2 Å². The van der Waals surface area contributed by atoms with Crippen molar-refractivity contribution in [2.45, 2.75) is 51.6 Å². The van der Waals surface area contributed by atoms with Crippen molar-refractivity contribution >= 4 is 11.8 Å². The number of amides is 2. The van der Waals surface area contributed by atoms with E-state index in [4.69, 9.17) is 0 Å². The largest absolute Gasteiger partial charge is 0.349 e. The van der Waals surface area contributed by atoms with Crippen LogP contribution >= 0.6 is 0 Å². The number of hydrogen-bond acceptors (Lipinski definition) is 4. The van der Waals surface area contributed by atoms with Gasteiger partial charge in [-0.1, -0.05) is 0 Å². The van der Waals surface area contributed by atoms with E-state index in [0.29, 0.717) is 0 Å². The average molecular weight is 380 g/mol. The number of carbonyl (C=O) groups is 2. The first-order chi connectivity index (χ1) is 13.5. The maximum atomic E-state index is 12.6. The fraction of sp³-hybridized carbons (Fsp3) is 0.455. The number of nitrogens with one attached hydrogen (secondary N) is 2. The lowest BCUT2D eigenvalue weighted by Gasteiger charge is -2.29. The van der Waals surface area contributed by atoms with Crippen molar-refractivity contribution in [1.82, 2.24) is 20.6 Å². The molecule has 2 heterocycles. The Kier molecular flexibility index (Phi) is 6.74. The summed E-state index contributed by atoms with van der Waals surface area (Å²) in [6.45, 7) is 3.96. The fourth-order valence-electron chi connectivity index (χ4n) is 3.75. The molecule has 1 aliphatic carbocycles. The second-order valence-corrected chi connectivity index (χ2v) is 7.57. The summed E-state index contributed by atoms with van der Waals surface area (Å²) in [6, 6.07) is 7.56. The highest BCUT2D eigenvalue weighted by atomic mass is 16.2. The van der Waals surface area contributed by atoms with Crippen molar-refractivity contribution in [2.75, 3.05) is 0 Å². The smallest absolute Gasteiger partial charge is 0.223 e. The van der Waals surface area contributed by atoms with Gasteiger partial charge in [-0.05, 0) is 74.9 Å². The second kappa shape index (κ2) is 9.44. The van der Waals surface area contributed by atoms with E-state index < -0.39 is 0 Å². The number of pyridine rings is 2. The molecule has 3 rings (SSSR count). The van der Waals surface area contributed by atoms with Crippen molar-refractivity contribution < 1.29 is 9.59 Å². The van der Waals surface area contributed by atoms with Crippen LogP contribution in [0.25, 0.3) is 0 Å². The summed E-state index contributed by atoms with van der Waals surface area (Å²) in [7, 11) is 0. The summed E-state index contributed by atoms with van der Waals surface area (Å²) in [5.74, 6) is 0.110. The molecule has 6 nitrogen and oxygen atoms in total. The highest BCUT2D eigenvalue weighted by Crippen LogP contribution is 2.30. The Morgan fingerprint density at radius 3 is 1.39 bits per heavy atom. The third-order valence-electron chi connectivity index (χ3n) is 5.60. The predicted octanol–water partition coefficient (Wildman–Crippen LogP) is 3.34. The highest BCUT2D eigenvalue weighted by Gasteiger charge is 2.31. The van der Waals surface area contributed by atoms with Gasteiger partial charge in [0.15, 0.2) is 0 Å². The lowest BCUT2D eigenvalue weighted by atomic mass is 9.81. The highest BCUT2D eigenvalue weighted by molar-refractivity contribution is 5.81. The molecule has 2 N–H and O–H groups in total. The zero-order valence-corrected chi connectivity index (χ0v) is 16.5. The lowest BCUT2D eigenvalue weighted by Crippen LogP contribution is -2.38. The minimum absolute atomic E-state index is 0.0223. The van der Waals surface area contributed by atoms with Crippen LogP contribution in [0.3, 0.4) is 0 Å². The van der Waals surface area contributed by atoms with E-state index >= 15 is 0 Å². The van der Waals surface area contributed by atoms with Crippen molar-refractivity contribution in [1.29, 1.82) is 0 Å². The molecule has 1 aliphatic rings. The second-order valence-electron chi connectivity index (χ2n) is 7.57. The molecule has 1 saturated carbocycles. The molecule has 2 unspecified atom stereocenters. The molecular formula is C22H28N4O2. The molecule has 0 aromatic carbocycles. The van der Waals surface area contributed by atoms with Gasteiger partial charge in [-0.2, -0.15) is 0 Å². The Hall–Kier alpha value is -2.76. The Bertz CT molecular complexity index is 706. The molecule has 0 bridgehead atoms. The first-order valence-corrected chi connectivity index (χ1v) is 9.95. The van der Waals surface area contributed by atoms with E-state index in [-0.39, 0.29) is 35.7 Å². The maximum Gasteiger partial charge on any atom is 0.223 e. The van der Waals surface area contributed by atoms with Crippen molar-refractivity contribution in [2.24, 2.45) is 11.8 Å². The van der Waals surface area contributed by atoms with Gasteiger partial charge in [0.2, 0.25) is 11.8 Å². The topological polar surface area (TPSA) is 84.0 Å². The Balaban J connectivity index is 1.46. The maximum absolute atomic E-state index is 12.6. The molecule has 148 valence electrons. The summed E-state index contributed by atoms with van der Waals surface area (Å²) < 4.78 is 0. The van der Waals surface area contributed by atoms with Gasteiger partial charge in [-0.25, -0.2) is 0 Å². The van der Waals surface area contributed by atoms with Crippen LogP contribution in [0.4, 0.5) is 0 Å². The van der Waals surface area contributed by atoms with E-state index in [0.717, 1.165) is 36.8 Å². The quantitative estimate of drug-likeness (QED) is 0.805. The Labute approximate surface area is 166 Å². The van der Waals surface area contributed by atoms with E-state index in [2.05, 4.69) is 20.6 Å². The first-order valence-electron chi connectivity index (χ1n) is 9.95. The van der Waals surface area contributed by atoms with Crippen LogP contribution in [0.15, 0.2) is 49.1 Å². The number of nitrogens with zero attached hydrogens (tertiary/aromatic N) is 2. The molecule has 1 fully saturated rings. The lowest BCUT2D eigenvalue weighted by molar-refractivity contribution is -0.131. The monoisotopic (exact) mass is 380 g/mol. The van der Waals surface area contributed by atoms with Gasteiger partial charge < -0.3 is 10.6 Å². The molecule has 28 heavy (non-hydrogen) atoms. The van der Waals surface area contributed by atoms with E-state index in [1.54, 1.807) is 24.8 Å².